The Kier molecular flexibility index (Phi) is 3.95. The predicted molar refractivity (Wildman–Crippen MR) is 69.7 cm³/mol. The summed E-state index contributed by atoms with van der Waals surface area (Å²) < 4.78 is 5.73. The molecule has 0 bridgehead atoms. The molecule has 0 amide bonds. The molecular formula is C14H19ClO2. The Morgan fingerprint density at radius 2 is 2.00 bits per heavy atom. The highest BCUT2D eigenvalue weighted by Gasteiger charge is 2.30. The van der Waals surface area contributed by atoms with Gasteiger partial charge in [-0.2, -0.15) is 0 Å². The molecule has 0 spiro atoms. The molecule has 1 N–H and O–H groups in total. The number of rotatable bonds is 3. The molecule has 0 aliphatic heterocycles. The van der Waals surface area contributed by atoms with Crippen LogP contribution >= 0.6 is 11.6 Å². The fourth-order valence-corrected chi connectivity index (χ4v) is 2.57. The van der Waals surface area contributed by atoms with Gasteiger partial charge in [0.2, 0.25) is 0 Å². The molecule has 1 fully saturated rings. The molecule has 0 atom stereocenters. The monoisotopic (exact) mass is 254 g/mol. The van der Waals surface area contributed by atoms with Crippen molar-refractivity contribution in [2.45, 2.75) is 44.6 Å². The van der Waals surface area contributed by atoms with Crippen LogP contribution in [0.2, 0.25) is 5.02 Å². The standard InChI is InChI=1S/C14H19ClO2/c1-11-9-12(15)5-6-13(11)17-10-14(16)7-3-2-4-8-14/h5-6,9,16H,2-4,7-8,10H2,1H3. The van der Waals surface area contributed by atoms with Gasteiger partial charge >= 0.3 is 0 Å². The summed E-state index contributed by atoms with van der Waals surface area (Å²) in [6, 6.07) is 5.56. The number of aryl methyl sites for hydroxylation is 1. The average molecular weight is 255 g/mol. The maximum atomic E-state index is 10.3. The van der Waals surface area contributed by atoms with E-state index in [9.17, 15) is 5.11 Å². The fourth-order valence-electron chi connectivity index (χ4n) is 2.34. The maximum absolute atomic E-state index is 10.3. The average Bonchev–Trinajstić information content (AvgIpc) is 2.29. The first kappa shape index (κ1) is 12.7. The van der Waals surface area contributed by atoms with E-state index in [4.69, 9.17) is 16.3 Å². The summed E-state index contributed by atoms with van der Waals surface area (Å²) in [5.74, 6) is 0.813. The Morgan fingerprint density at radius 3 is 2.65 bits per heavy atom. The third-order valence-electron chi connectivity index (χ3n) is 3.42. The van der Waals surface area contributed by atoms with Gasteiger partial charge in [0, 0.05) is 5.02 Å². The van der Waals surface area contributed by atoms with Crippen molar-refractivity contribution in [2.24, 2.45) is 0 Å². The number of halogens is 1. The van der Waals surface area contributed by atoms with Gasteiger partial charge in [0.05, 0.1) is 5.60 Å². The summed E-state index contributed by atoms with van der Waals surface area (Å²) in [5, 5.41) is 11.0. The van der Waals surface area contributed by atoms with Crippen LogP contribution in [0.4, 0.5) is 0 Å². The minimum atomic E-state index is -0.635. The van der Waals surface area contributed by atoms with E-state index in [-0.39, 0.29) is 0 Å². The van der Waals surface area contributed by atoms with Crippen LogP contribution in [0.15, 0.2) is 18.2 Å². The third-order valence-corrected chi connectivity index (χ3v) is 3.65. The lowest BCUT2D eigenvalue weighted by Crippen LogP contribution is -2.38. The minimum Gasteiger partial charge on any atom is -0.490 e. The van der Waals surface area contributed by atoms with Crippen LogP contribution in [0.5, 0.6) is 5.75 Å². The summed E-state index contributed by atoms with van der Waals surface area (Å²) in [4.78, 5) is 0. The van der Waals surface area contributed by atoms with E-state index >= 15 is 0 Å². The van der Waals surface area contributed by atoms with E-state index in [1.165, 1.54) is 6.42 Å². The smallest absolute Gasteiger partial charge is 0.122 e. The van der Waals surface area contributed by atoms with Crippen LogP contribution in [-0.4, -0.2) is 17.3 Å². The quantitative estimate of drug-likeness (QED) is 0.891. The lowest BCUT2D eigenvalue weighted by atomic mass is 9.85. The zero-order valence-corrected chi connectivity index (χ0v) is 11.0. The van der Waals surface area contributed by atoms with Gasteiger partial charge in [0.1, 0.15) is 12.4 Å². The maximum Gasteiger partial charge on any atom is 0.122 e. The van der Waals surface area contributed by atoms with Crippen LogP contribution in [0.1, 0.15) is 37.7 Å². The predicted octanol–water partition coefficient (Wildman–Crippen LogP) is 3.72. The van der Waals surface area contributed by atoms with Gasteiger partial charge in [-0.1, -0.05) is 30.9 Å². The van der Waals surface area contributed by atoms with Crippen LogP contribution in [0.25, 0.3) is 0 Å². The van der Waals surface area contributed by atoms with Crippen molar-refractivity contribution >= 4 is 11.6 Å². The first-order valence-corrected chi connectivity index (χ1v) is 6.58. The Hall–Kier alpha value is -0.730. The molecule has 2 nitrogen and oxygen atoms in total. The van der Waals surface area contributed by atoms with Gasteiger partial charge in [-0.25, -0.2) is 0 Å². The summed E-state index contributed by atoms with van der Waals surface area (Å²) >= 11 is 5.89. The molecule has 2 rings (SSSR count). The van der Waals surface area contributed by atoms with Gasteiger partial charge in [-0.05, 0) is 43.5 Å². The molecule has 1 aliphatic rings. The molecule has 3 heteroatoms. The van der Waals surface area contributed by atoms with Gasteiger partial charge in [0.15, 0.2) is 0 Å². The normalized spacial score (nSPS) is 19.0. The molecule has 0 unspecified atom stereocenters. The number of hydrogen-bond acceptors (Lipinski definition) is 2. The molecule has 94 valence electrons. The highest BCUT2D eigenvalue weighted by Crippen LogP contribution is 2.30. The zero-order valence-electron chi connectivity index (χ0n) is 10.2. The van der Waals surface area contributed by atoms with Gasteiger partial charge in [0.25, 0.3) is 0 Å². The van der Waals surface area contributed by atoms with E-state index in [1.54, 1.807) is 0 Å². The molecule has 0 aromatic heterocycles. The first-order chi connectivity index (χ1) is 8.09. The summed E-state index contributed by atoms with van der Waals surface area (Å²) in [7, 11) is 0. The Labute approximate surface area is 108 Å². The van der Waals surface area contributed by atoms with Crippen molar-refractivity contribution in [3.8, 4) is 5.75 Å². The molecule has 0 radical (unpaired) electrons. The van der Waals surface area contributed by atoms with Crippen molar-refractivity contribution in [3.63, 3.8) is 0 Å². The minimum absolute atomic E-state index is 0.384. The highest BCUT2D eigenvalue weighted by molar-refractivity contribution is 6.30. The number of aliphatic hydroxyl groups is 1. The van der Waals surface area contributed by atoms with Gasteiger partial charge < -0.3 is 9.84 Å². The second-order valence-corrected chi connectivity index (χ2v) is 5.42. The van der Waals surface area contributed by atoms with Crippen molar-refractivity contribution < 1.29 is 9.84 Å². The van der Waals surface area contributed by atoms with Gasteiger partial charge in [-0.15, -0.1) is 0 Å². The topological polar surface area (TPSA) is 29.5 Å². The molecule has 1 aromatic rings. The van der Waals surface area contributed by atoms with Crippen LogP contribution < -0.4 is 4.74 Å². The number of hydrogen-bond donors (Lipinski definition) is 1. The van der Waals surface area contributed by atoms with Crippen molar-refractivity contribution in [1.29, 1.82) is 0 Å². The number of benzene rings is 1. The first-order valence-electron chi connectivity index (χ1n) is 6.20. The number of ether oxygens (including phenoxy) is 1. The molecule has 17 heavy (non-hydrogen) atoms. The summed E-state index contributed by atoms with van der Waals surface area (Å²) in [5.41, 5.74) is 0.376. The lowest BCUT2D eigenvalue weighted by Gasteiger charge is -2.31. The lowest BCUT2D eigenvalue weighted by molar-refractivity contribution is -0.0340. The Bertz CT molecular complexity index is 384. The molecule has 0 saturated heterocycles. The van der Waals surface area contributed by atoms with E-state index in [2.05, 4.69) is 0 Å². The molecule has 0 heterocycles. The molecule has 1 saturated carbocycles. The van der Waals surface area contributed by atoms with Crippen LogP contribution in [0.3, 0.4) is 0 Å². The molecule has 1 aromatic carbocycles. The van der Waals surface area contributed by atoms with Crippen molar-refractivity contribution in [3.05, 3.63) is 28.8 Å². The van der Waals surface area contributed by atoms with E-state index in [0.29, 0.717) is 11.6 Å². The molecule has 1 aliphatic carbocycles. The molecular weight excluding hydrogens is 236 g/mol. The fraction of sp³-hybridized carbons (Fsp3) is 0.571. The second kappa shape index (κ2) is 5.28. The van der Waals surface area contributed by atoms with E-state index < -0.39 is 5.60 Å². The zero-order chi connectivity index (χ0) is 12.3. The summed E-state index contributed by atoms with van der Waals surface area (Å²) in [6.45, 7) is 2.35. The SMILES string of the molecule is Cc1cc(Cl)ccc1OCC1(O)CCCCC1. The Balaban J connectivity index is 1.97. The van der Waals surface area contributed by atoms with Crippen molar-refractivity contribution in [1.82, 2.24) is 0 Å². The third kappa shape index (κ3) is 3.36. The van der Waals surface area contributed by atoms with E-state index in [0.717, 1.165) is 37.0 Å². The van der Waals surface area contributed by atoms with E-state index in [1.807, 2.05) is 25.1 Å². The largest absolute Gasteiger partial charge is 0.490 e. The second-order valence-electron chi connectivity index (χ2n) is 4.98. The summed E-state index contributed by atoms with van der Waals surface area (Å²) in [6.07, 6.45) is 5.11. The van der Waals surface area contributed by atoms with Crippen molar-refractivity contribution in [2.75, 3.05) is 6.61 Å². The van der Waals surface area contributed by atoms with Crippen LogP contribution in [0, 0.1) is 6.92 Å². The highest BCUT2D eigenvalue weighted by atomic mass is 35.5. The Morgan fingerprint density at radius 1 is 1.29 bits per heavy atom. The van der Waals surface area contributed by atoms with Crippen LogP contribution in [-0.2, 0) is 0 Å². The van der Waals surface area contributed by atoms with Gasteiger partial charge in [-0.3, -0.25) is 0 Å².